The van der Waals surface area contributed by atoms with E-state index in [-0.39, 0.29) is 29.8 Å². The lowest BCUT2D eigenvalue weighted by Crippen LogP contribution is -2.36. The van der Waals surface area contributed by atoms with Crippen LogP contribution < -0.4 is 15.9 Å². The first-order chi connectivity index (χ1) is 19.0. The molecule has 13 nitrogen and oxygen atoms in total. The number of hydrogen-bond donors (Lipinski definition) is 2. The fourth-order valence-corrected chi connectivity index (χ4v) is 3.92. The van der Waals surface area contributed by atoms with Gasteiger partial charge in [0.25, 0.3) is 5.91 Å². The Morgan fingerprint density at radius 2 is 1.92 bits per heavy atom. The minimum absolute atomic E-state index is 0.0381. The van der Waals surface area contributed by atoms with Crippen LogP contribution in [0.2, 0.25) is 0 Å². The maximum Gasteiger partial charge on any atom is 0.292 e. The number of nitrogen functional groups attached to an aromatic ring is 1. The van der Waals surface area contributed by atoms with Crippen LogP contribution in [0, 0.1) is 5.82 Å². The lowest BCUT2D eigenvalue weighted by molar-refractivity contribution is 0.0335. The number of aromatic nitrogens is 5. The maximum atomic E-state index is 13.8. The van der Waals surface area contributed by atoms with Crippen LogP contribution in [0.15, 0.2) is 58.3 Å². The van der Waals surface area contributed by atoms with Crippen LogP contribution in [0.1, 0.15) is 34.2 Å². The molecule has 2 aromatic heterocycles. The minimum atomic E-state index is -0.560. The van der Waals surface area contributed by atoms with E-state index in [1.165, 1.54) is 10.7 Å². The van der Waals surface area contributed by atoms with Gasteiger partial charge in [0, 0.05) is 25.2 Å². The van der Waals surface area contributed by atoms with Gasteiger partial charge in [-0.2, -0.15) is 9.78 Å². The van der Waals surface area contributed by atoms with E-state index in [2.05, 4.69) is 40.7 Å². The molecule has 1 amide bonds. The smallest absolute Gasteiger partial charge is 0.292 e. The molecule has 0 unspecified atom stereocenters. The van der Waals surface area contributed by atoms with E-state index < -0.39 is 5.91 Å². The van der Waals surface area contributed by atoms with E-state index in [9.17, 15) is 9.18 Å². The van der Waals surface area contributed by atoms with Gasteiger partial charge in [0.15, 0.2) is 5.69 Å². The van der Waals surface area contributed by atoms with Crippen molar-refractivity contribution in [1.82, 2.24) is 35.6 Å². The van der Waals surface area contributed by atoms with Crippen molar-refractivity contribution in [3.63, 3.8) is 0 Å². The summed E-state index contributed by atoms with van der Waals surface area (Å²) in [7, 11) is 0. The van der Waals surface area contributed by atoms with Crippen molar-refractivity contribution in [3.8, 4) is 11.6 Å². The molecule has 5 rings (SSSR count). The van der Waals surface area contributed by atoms with E-state index in [0.29, 0.717) is 55.6 Å². The highest BCUT2D eigenvalue weighted by Crippen LogP contribution is 2.19. The summed E-state index contributed by atoms with van der Waals surface area (Å²) in [6.45, 7) is 4.79. The lowest BCUT2D eigenvalue weighted by Gasteiger charge is -2.25. The van der Waals surface area contributed by atoms with E-state index >= 15 is 0 Å². The average Bonchev–Trinajstić information content (AvgIpc) is 3.57. The number of carbonyl (C=O) groups is 1. The summed E-state index contributed by atoms with van der Waals surface area (Å²) < 4.78 is 30.8. The maximum absolute atomic E-state index is 13.8. The molecule has 0 saturated carbocycles. The van der Waals surface area contributed by atoms with E-state index in [4.69, 9.17) is 15.2 Å². The molecule has 0 bridgehead atoms. The molecule has 3 heterocycles. The number of morpholine rings is 1. The molecule has 1 saturated heterocycles. The molecule has 1 aliphatic rings. The number of carbonyl (C=O) groups excluding carboxylic acids is 1. The Bertz CT molecular complexity index is 1460. The van der Waals surface area contributed by atoms with Gasteiger partial charge in [0.1, 0.15) is 23.9 Å². The number of nitrogens with one attached hydrogen (secondary N) is 1. The largest absolute Gasteiger partial charge is 0.489 e. The summed E-state index contributed by atoms with van der Waals surface area (Å²) >= 11 is 0. The molecule has 14 heteroatoms. The van der Waals surface area contributed by atoms with E-state index in [0.717, 1.165) is 5.56 Å². The predicted molar refractivity (Wildman–Crippen MR) is 137 cm³/mol. The summed E-state index contributed by atoms with van der Waals surface area (Å²) in [4.78, 5) is 15.4. The van der Waals surface area contributed by atoms with Crippen LogP contribution >= 0.6 is 0 Å². The molecule has 39 heavy (non-hydrogen) atoms. The third-order valence-electron chi connectivity index (χ3n) is 6.08. The number of amides is 1. The Hall–Kier alpha value is -4.69. The standard InChI is InChI=1S/C25H26FN9O4/c1-16(17-6-8-19(9-7-17)38-15-18-4-2-3-5-20(18)26)28-30-25(36)22-21(14-34-10-12-37-13-11-34)29-33-35(22)24-23(27)31-39-32-24/h2-9H,10-15H2,1H3,(H2,27,31)(H,30,36)/b28-16-. The highest BCUT2D eigenvalue weighted by atomic mass is 19.1. The van der Waals surface area contributed by atoms with Gasteiger partial charge in [-0.25, -0.2) is 14.4 Å². The van der Waals surface area contributed by atoms with Gasteiger partial charge in [-0.15, -0.1) is 5.10 Å². The number of hydrogen-bond acceptors (Lipinski definition) is 11. The van der Waals surface area contributed by atoms with Gasteiger partial charge in [-0.05, 0) is 53.1 Å². The molecule has 0 atom stereocenters. The van der Waals surface area contributed by atoms with Crippen LogP contribution in [0.25, 0.3) is 5.82 Å². The summed E-state index contributed by atoms with van der Waals surface area (Å²) in [6.07, 6.45) is 0. The zero-order chi connectivity index (χ0) is 27.2. The van der Waals surface area contributed by atoms with Crippen molar-refractivity contribution < 1.29 is 23.3 Å². The van der Waals surface area contributed by atoms with Crippen molar-refractivity contribution in [2.75, 3.05) is 32.0 Å². The zero-order valence-corrected chi connectivity index (χ0v) is 21.1. The number of benzene rings is 2. The number of ether oxygens (including phenoxy) is 2. The fourth-order valence-electron chi connectivity index (χ4n) is 3.92. The molecular formula is C25H26FN9O4. The molecule has 4 aromatic rings. The van der Waals surface area contributed by atoms with E-state index in [1.54, 1.807) is 49.4 Å². The minimum Gasteiger partial charge on any atom is -0.489 e. The molecule has 0 radical (unpaired) electrons. The van der Waals surface area contributed by atoms with Crippen molar-refractivity contribution in [1.29, 1.82) is 0 Å². The monoisotopic (exact) mass is 535 g/mol. The second-order valence-corrected chi connectivity index (χ2v) is 8.70. The Labute approximate surface area is 222 Å². The van der Waals surface area contributed by atoms with Crippen molar-refractivity contribution >= 4 is 17.4 Å². The predicted octanol–water partition coefficient (Wildman–Crippen LogP) is 1.94. The Morgan fingerprint density at radius 3 is 2.64 bits per heavy atom. The molecule has 202 valence electrons. The van der Waals surface area contributed by atoms with Gasteiger partial charge in [-0.3, -0.25) is 9.69 Å². The Balaban J connectivity index is 1.29. The van der Waals surface area contributed by atoms with Crippen molar-refractivity contribution in [2.24, 2.45) is 5.10 Å². The van der Waals surface area contributed by atoms with Gasteiger partial charge < -0.3 is 15.2 Å². The fraction of sp³-hybridized carbons (Fsp3) is 0.280. The highest BCUT2D eigenvalue weighted by Gasteiger charge is 2.26. The van der Waals surface area contributed by atoms with E-state index in [1.807, 2.05) is 0 Å². The Morgan fingerprint density at radius 1 is 1.15 bits per heavy atom. The number of rotatable bonds is 9. The zero-order valence-electron chi connectivity index (χ0n) is 21.1. The second kappa shape index (κ2) is 11.8. The first kappa shape index (κ1) is 25.9. The average molecular weight is 536 g/mol. The normalized spacial score (nSPS) is 14.4. The molecule has 0 spiro atoms. The topological polar surface area (TPSA) is 159 Å². The number of nitrogens with zero attached hydrogens (tertiary/aromatic N) is 7. The molecular weight excluding hydrogens is 509 g/mol. The molecule has 3 N–H and O–H groups in total. The first-order valence-electron chi connectivity index (χ1n) is 12.1. The summed E-state index contributed by atoms with van der Waals surface area (Å²) in [6, 6.07) is 13.5. The third-order valence-corrected chi connectivity index (χ3v) is 6.08. The molecule has 2 aromatic carbocycles. The molecule has 1 aliphatic heterocycles. The van der Waals surface area contributed by atoms with Crippen LogP contribution in [0.4, 0.5) is 10.2 Å². The van der Waals surface area contributed by atoms with Crippen LogP contribution in [0.5, 0.6) is 5.75 Å². The number of anilines is 1. The molecule has 1 fully saturated rings. The number of nitrogens with two attached hydrogens (primary N) is 1. The lowest BCUT2D eigenvalue weighted by atomic mass is 10.1. The summed E-state index contributed by atoms with van der Waals surface area (Å²) in [5, 5.41) is 19.8. The second-order valence-electron chi connectivity index (χ2n) is 8.70. The first-order valence-corrected chi connectivity index (χ1v) is 12.1. The van der Waals surface area contributed by atoms with Crippen molar-refractivity contribution in [2.45, 2.75) is 20.1 Å². The van der Waals surface area contributed by atoms with Gasteiger partial charge >= 0.3 is 0 Å². The van der Waals surface area contributed by atoms with Gasteiger partial charge in [-0.1, -0.05) is 23.4 Å². The number of hydrazone groups is 1. The summed E-state index contributed by atoms with van der Waals surface area (Å²) in [5.41, 5.74) is 10.7. The Kier molecular flexibility index (Phi) is 7.84. The highest BCUT2D eigenvalue weighted by molar-refractivity contribution is 6.00. The molecule has 0 aliphatic carbocycles. The van der Waals surface area contributed by atoms with Crippen LogP contribution in [0.3, 0.4) is 0 Å². The number of halogens is 1. The van der Waals surface area contributed by atoms with Crippen molar-refractivity contribution in [3.05, 3.63) is 76.9 Å². The van der Waals surface area contributed by atoms with Gasteiger partial charge in [0.05, 0.1) is 18.9 Å². The van der Waals surface area contributed by atoms with Crippen LogP contribution in [-0.4, -0.2) is 68.1 Å². The summed E-state index contributed by atoms with van der Waals surface area (Å²) in [5.74, 6) is -0.299. The third kappa shape index (κ3) is 6.08. The van der Waals surface area contributed by atoms with Gasteiger partial charge in [0.2, 0.25) is 11.6 Å². The quantitative estimate of drug-likeness (QED) is 0.240. The SMILES string of the molecule is C/C(=N/NC(=O)c1c(CN2CCOCC2)nnn1-c1nonc1N)c1ccc(OCc2ccccc2F)cc1. The van der Waals surface area contributed by atoms with Crippen LogP contribution in [-0.2, 0) is 17.9 Å².